The lowest BCUT2D eigenvalue weighted by Gasteiger charge is -2.16. The summed E-state index contributed by atoms with van der Waals surface area (Å²) in [6, 6.07) is 14.8. The second-order valence-electron chi connectivity index (χ2n) is 6.01. The summed E-state index contributed by atoms with van der Waals surface area (Å²) in [6.45, 7) is 6.97. The molecular weight excluding hydrogens is 369 g/mol. The maximum atomic E-state index is 6.34. The first-order valence-corrected chi connectivity index (χ1v) is 8.89. The normalized spacial score (nSPS) is 11.3. The van der Waals surface area contributed by atoms with Crippen LogP contribution in [-0.4, -0.2) is 19.8 Å². The van der Waals surface area contributed by atoms with Crippen molar-refractivity contribution in [2.75, 3.05) is 13.7 Å². The molecule has 0 fully saturated rings. The molecule has 2 aromatic carbocycles. The van der Waals surface area contributed by atoms with Crippen molar-refractivity contribution in [3.05, 3.63) is 71.3 Å². The van der Waals surface area contributed by atoms with Crippen molar-refractivity contribution >= 4 is 24.0 Å². The van der Waals surface area contributed by atoms with E-state index in [1.54, 1.807) is 13.2 Å². The molecule has 3 nitrogen and oxygen atoms in total. The van der Waals surface area contributed by atoms with E-state index in [9.17, 15) is 0 Å². The van der Waals surface area contributed by atoms with Crippen LogP contribution in [0.15, 0.2) is 55.1 Å². The molecule has 142 valence electrons. The van der Waals surface area contributed by atoms with Gasteiger partial charge in [0.15, 0.2) is 11.5 Å². The molecular formula is C21H27Cl2NO2. The summed E-state index contributed by atoms with van der Waals surface area (Å²) in [6.07, 6.45) is 3.82. The summed E-state index contributed by atoms with van der Waals surface area (Å²) >= 11 is 6.34. The molecule has 1 unspecified atom stereocenters. The van der Waals surface area contributed by atoms with Gasteiger partial charge in [-0.1, -0.05) is 54.6 Å². The number of methoxy groups -OCH3 is 1. The number of benzene rings is 2. The molecule has 0 saturated heterocycles. The Balaban J connectivity index is 0.00000338. The predicted molar refractivity (Wildman–Crippen MR) is 112 cm³/mol. The first-order valence-electron chi connectivity index (χ1n) is 8.51. The van der Waals surface area contributed by atoms with Crippen molar-refractivity contribution in [2.45, 2.75) is 32.4 Å². The van der Waals surface area contributed by atoms with E-state index in [0.29, 0.717) is 29.2 Å². The van der Waals surface area contributed by atoms with Crippen molar-refractivity contribution in [1.82, 2.24) is 5.32 Å². The van der Waals surface area contributed by atoms with Gasteiger partial charge in [-0.05, 0) is 43.0 Å². The molecule has 0 spiro atoms. The molecule has 2 rings (SSSR count). The van der Waals surface area contributed by atoms with Crippen LogP contribution in [0.2, 0.25) is 5.02 Å². The Labute approximate surface area is 167 Å². The van der Waals surface area contributed by atoms with E-state index in [1.165, 1.54) is 5.56 Å². The number of hydrogen-bond acceptors (Lipinski definition) is 3. The van der Waals surface area contributed by atoms with Crippen LogP contribution in [0.1, 0.15) is 24.5 Å². The molecule has 1 atom stereocenters. The minimum Gasteiger partial charge on any atom is -0.493 e. The summed E-state index contributed by atoms with van der Waals surface area (Å²) in [5.74, 6) is 1.20. The standard InChI is InChI=1S/C21H26ClNO2.ClH/c1-4-12-25-21-19(22)13-18(14-20(21)24-3)15-23-16(2)10-11-17-8-6-5-7-9-17;/h4-9,13-14,16,23H,1,10-12,15H2,2-3H3;1H. The Hall–Kier alpha value is -1.68. The first-order chi connectivity index (χ1) is 12.1. The van der Waals surface area contributed by atoms with E-state index in [4.69, 9.17) is 21.1 Å². The Morgan fingerprint density at radius 2 is 1.92 bits per heavy atom. The highest BCUT2D eigenvalue weighted by Crippen LogP contribution is 2.36. The Bertz CT molecular complexity index is 677. The van der Waals surface area contributed by atoms with E-state index in [0.717, 1.165) is 24.9 Å². The summed E-state index contributed by atoms with van der Waals surface area (Å²) in [5.41, 5.74) is 2.43. The molecule has 0 aliphatic carbocycles. The number of aryl methyl sites for hydroxylation is 1. The number of nitrogens with one attached hydrogen (secondary N) is 1. The summed E-state index contributed by atoms with van der Waals surface area (Å²) < 4.78 is 11.0. The average Bonchev–Trinajstić information content (AvgIpc) is 2.64. The zero-order chi connectivity index (χ0) is 18.1. The van der Waals surface area contributed by atoms with Crippen molar-refractivity contribution in [3.63, 3.8) is 0 Å². The third-order valence-corrected chi connectivity index (χ3v) is 4.28. The monoisotopic (exact) mass is 395 g/mol. The van der Waals surface area contributed by atoms with E-state index in [-0.39, 0.29) is 12.4 Å². The van der Waals surface area contributed by atoms with Gasteiger partial charge in [-0.15, -0.1) is 12.4 Å². The molecule has 0 saturated carbocycles. The molecule has 1 N–H and O–H groups in total. The lowest BCUT2D eigenvalue weighted by atomic mass is 10.1. The fourth-order valence-corrected chi connectivity index (χ4v) is 2.87. The van der Waals surface area contributed by atoms with Gasteiger partial charge in [-0.3, -0.25) is 0 Å². The molecule has 0 aliphatic rings. The highest BCUT2D eigenvalue weighted by Gasteiger charge is 2.12. The maximum Gasteiger partial charge on any atom is 0.180 e. The van der Waals surface area contributed by atoms with Crippen molar-refractivity contribution in [1.29, 1.82) is 0 Å². The van der Waals surface area contributed by atoms with Gasteiger partial charge in [0.2, 0.25) is 0 Å². The van der Waals surface area contributed by atoms with E-state index in [1.807, 2.05) is 18.2 Å². The third-order valence-electron chi connectivity index (χ3n) is 4.00. The van der Waals surface area contributed by atoms with Crippen LogP contribution in [0, 0.1) is 0 Å². The van der Waals surface area contributed by atoms with Crippen molar-refractivity contribution in [3.8, 4) is 11.5 Å². The maximum absolute atomic E-state index is 6.34. The predicted octanol–water partition coefficient (Wildman–Crippen LogP) is 5.45. The average molecular weight is 396 g/mol. The third kappa shape index (κ3) is 6.91. The van der Waals surface area contributed by atoms with Crippen LogP contribution in [-0.2, 0) is 13.0 Å². The van der Waals surface area contributed by atoms with Gasteiger partial charge in [0, 0.05) is 12.6 Å². The molecule has 0 bridgehead atoms. The SMILES string of the molecule is C=CCOc1c(Cl)cc(CNC(C)CCc2ccccc2)cc1OC.Cl. The number of halogens is 2. The van der Waals surface area contributed by atoms with E-state index in [2.05, 4.69) is 43.1 Å². The molecule has 2 aromatic rings. The lowest BCUT2D eigenvalue weighted by molar-refractivity contribution is 0.326. The fraction of sp³-hybridized carbons (Fsp3) is 0.333. The zero-order valence-electron chi connectivity index (χ0n) is 15.3. The molecule has 0 heterocycles. The van der Waals surface area contributed by atoms with Gasteiger partial charge in [-0.25, -0.2) is 0 Å². The van der Waals surface area contributed by atoms with Crippen LogP contribution in [0.3, 0.4) is 0 Å². The largest absolute Gasteiger partial charge is 0.493 e. The van der Waals surface area contributed by atoms with Gasteiger partial charge >= 0.3 is 0 Å². The molecule has 0 amide bonds. The van der Waals surface area contributed by atoms with E-state index < -0.39 is 0 Å². The minimum absolute atomic E-state index is 0. The second kappa shape index (κ2) is 11.8. The zero-order valence-corrected chi connectivity index (χ0v) is 16.9. The summed E-state index contributed by atoms with van der Waals surface area (Å²) in [7, 11) is 1.62. The van der Waals surface area contributed by atoms with Crippen molar-refractivity contribution < 1.29 is 9.47 Å². The van der Waals surface area contributed by atoms with Gasteiger partial charge in [0.25, 0.3) is 0 Å². The van der Waals surface area contributed by atoms with Crippen LogP contribution >= 0.6 is 24.0 Å². The highest BCUT2D eigenvalue weighted by molar-refractivity contribution is 6.32. The molecule has 26 heavy (non-hydrogen) atoms. The molecule has 0 aliphatic heterocycles. The second-order valence-corrected chi connectivity index (χ2v) is 6.42. The smallest absolute Gasteiger partial charge is 0.180 e. The van der Waals surface area contributed by atoms with Crippen molar-refractivity contribution in [2.24, 2.45) is 0 Å². The van der Waals surface area contributed by atoms with Crippen LogP contribution < -0.4 is 14.8 Å². The van der Waals surface area contributed by atoms with Gasteiger partial charge in [0.05, 0.1) is 12.1 Å². The van der Waals surface area contributed by atoms with Gasteiger partial charge in [-0.2, -0.15) is 0 Å². The molecule has 0 aromatic heterocycles. The summed E-state index contributed by atoms with van der Waals surface area (Å²) in [5, 5.41) is 4.09. The number of ether oxygens (including phenoxy) is 2. The molecule has 5 heteroatoms. The first kappa shape index (κ1) is 22.4. The minimum atomic E-state index is 0. The fourth-order valence-electron chi connectivity index (χ4n) is 2.58. The number of hydrogen-bond donors (Lipinski definition) is 1. The van der Waals surface area contributed by atoms with Crippen LogP contribution in [0.5, 0.6) is 11.5 Å². The quantitative estimate of drug-likeness (QED) is 0.542. The Morgan fingerprint density at radius 3 is 2.58 bits per heavy atom. The topological polar surface area (TPSA) is 30.5 Å². The Morgan fingerprint density at radius 1 is 1.19 bits per heavy atom. The summed E-state index contributed by atoms with van der Waals surface area (Å²) in [4.78, 5) is 0. The van der Waals surface area contributed by atoms with E-state index >= 15 is 0 Å². The van der Waals surface area contributed by atoms with Crippen LogP contribution in [0.4, 0.5) is 0 Å². The van der Waals surface area contributed by atoms with Crippen LogP contribution in [0.25, 0.3) is 0 Å². The lowest BCUT2D eigenvalue weighted by Crippen LogP contribution is -2.26. The Kier molecular flexibility index (Phi) is 10.2. The highest BCUT2D eigenvalue weighted by atomic mass is 35.5. The molecule has 0 radical (unpaired) electrons. The number of rotatable bonds is 10. The van der Waals surface area contributed by atoms with Gasteiger partial charge in [0.1, 0.15) is 6.61 Å². The van der Waals surface area contributed by atoms with Gasteiger partial charge < -0.3 is 14.8 Å².